The van der Waals surface area contributed by atoms with E-state index >= 15 is 0 Å². The van der Waals surface area contributed by atoms with Crippen molar-refractivity contribution in [2.24, 2.45) is 0 Å². The van der Waals surface area contributed by atoms with E-state index in [0.717, 1.165) is 0 Å². The largest absolute Gasteiger partial charge is 0.352 e. The highest BCUT2D eigenvalue weighted by molar-refractivity contribution is 5.93. The molecule has 0 saturated carbocycles. The van der Waals surface area contributed by atoms with Gasteiger partial charge in [0.05, 0.1) is 13.1 Å². The first-order valence-electron chi connectivity index (χ1n) is 8.25. The Labute approximate surface area is 147 Å². The van der Waals surface area contributed by atoms with Crippen LogP contribution in [0.25, 0.3) is 0 Å². The van der Waals surface area contributed by atoms with Gasteiger partial charge in [0.15, 0.2) is 37.0 Å². The summed E-state index contributed by atoms with van der Waals surface area (Å²) >= 11 is 0. The molecule has 6 unspecified atom stereocenters. The lowest BCUT2D eigenvalue weighted by Crippen LogP contribution is -2.51. The summed E-state index contributed by atoms with van der Waals surface area (Å²) in [7, 11) is 0. The molecule has 12 heteroatoms. The highest BCUT2D eigenvalue weighted by Crippen LogP contribution is 2.23. The lowest BCUT2D eigenvalue weighted by molar-refractivity contribution is -0.142. The van der Waals surface area contributed by atoms with E-state index in [-0.39, 0.29) is 26.2 Å². The van der Waals surface area contributed by atoms with Crippen molar-refractivity contribution in [3.63, 3.8) is 0 Å². The molecule has 4 fully saturated rings. The first-order chi connectivity index (χ1) is 12.5. The van der Waals surface area contributed by atoms with Crippen molar-refractivity contribution in [3.8, 4) is 0 Å². The molecule has 0 radical (unpaired) electrons. The Bertz CT molecular complexity index is 588. The third kappa shape index (κ3) is 3.11. The minimum atomic E-state index is -1.02. The monoisotopic (exact) mass is 370 g/mol. The molecule has 142 valence electrons. The number of hydrogen-bond donors (Lipinski definition) is 4. The van der Waals surface area contributed by atoms with Crippen LogP contribution in [0.5, 0.6) is 0 Å². The van der Waals surface area contributed by atoms with Gasteiger partial charge in [-0.15, -0.1) is 0 Å². The third-order valence-corrected chi connectivity index (χ3v) is 4.39. The van der Waals surface area contributed by atoms with Crippen molar-refractivity contribution >= 4 is 23.6 Å². The second-order valence-corrected chi connectivity index (χ2v) is 6.16. The van der Waals surface area contributed by atoms with Crippen molar-refractivity contribution in [1.29, 1.82) is 0 Å². The van der Waals surface area contributed by atoms with Crippen LogP contribution in [0.3, 0.4) is 0 Å². The zero-order chi connectivity index (χ0) is 18.3. The molecule has 0 aromatic rings. The standard InChI is InChI=1S/C14H18N4O8/c19-11(7-9-13(21)17-3-5(23-7)25-9)15-1-2-16-12(20)8-10-14(22)18-4-6(24-8)26-10/h5-10H,1-4H2,(H,15,19)(H,16,20)(H,17,21)(H,18,22). The molecule has 4 aliphatic rings. The van der Waals surface area contributed by atoms with Crippen LogP contribution in [0.15, 0.2) is 0 Å². The lowest BCUT2D eigenvalue weighted by Gasteiger charge is -2.19. The summed E-state index contributed by atoms with van der Waals surface area (Å²) in [6.45, 7) is 0.622. The topological polar surface area (TPSA) is 153 Å². The second-order valence-electron chi connectivity index (χ2n) is 6.16. The fourth-order valence-electron chi connectivity index (χ4n) is 3.13. The summed E-state index contributed by atoms with van der Waals surface area (Å²) in [4.78, 5) is 47.5. The summed E-state index contributed by atoms with van der Waals surface area (Å²) in [6, 6.07) is 0. The van der Waals surface area contributed by atoms with Crippen molar-refractivity contribution < 1.29 is 38.1 Å². The fourth-order valence-corrected chi connectivity index (χ4v) is 3.13. The van der Waals surface area contributed by atoms with Gasteiger partial charge in [0.1, 0.15) is 0 Å². The molecule has 0 spiro atoms. The molecular formula is C14H18N4O8. The average Bonchev–Trinajstić information content (AvgIpc) is 3.18. The summed E-state index contributed by atoms with van der Waals surface area (Å²) in [6.07, 6.45) is -5.23. The molecule has 4 N–H and O–H groups in total. The summed E-state index contributed by atoms with van der Waals surface area (Å²) in [5.41, 5.74) is 0. The van der Waals surface area contributed by atoms with Crippen LogP contribution < -0.4 is 21.3 Å². The number of carbonyl (C=O) groups is 4. The Kier molecular flexibility index (Phi) is 4.48. The van der Waals surface area contributed by atoms with Gasteiger partial charge in [0.2, 0.25) is 0 Å². The fraction of sp³-hybridized carbons (Fsp3) is 0.714. The van der Waals surface area contributed by atoms with E-state index in [1.807, 2.05) is 0 Å². The zero-order valence-electron chi connectivity index (χ0n) is 13.6. The average molecular weight is 370 g/mol. The molecule has 4 heterocycles. The van der Waals surface area contributed by atoms with Crippen LogP contribution in [-0.2, 0) is 38.1 Å². The minimum absolute atomic E-state index is 0.108. The normalized spacial score (nSPS) is 37.7. The van der Waals surface area contributed by atoms with Crippen LogP contribution in [-0.4, -0.2) is 86.8 Å². The first kappa shape index (κ1) is 17.1. The number of carbonyl (C=O) groups excluding carboxylic acids is 4. The maximum atomic E-state index is 12.1. The van der Waals surface area contributed by atoms with Crippen molar-refractivity contribution in [3.05, 3.63) is 0 Å². The maximum absolute atomic E-state index is 12.1. The van der Waals surface area contributed by atoms with Crippen LogP contribution >= 0.6 is 0 Å². The van der Waals surface area contributed by atoms with Crippen molar-refractivity contribution in [2.45, 2.75) is 37.0 Å². The number of morpholine rings is 2. The predicted octanol–water partition coefficient (Wildman–Crippen LogP) is -4.30. The Hall–Kier alpha value is -2.28. The lowest BCUT2D eigenvalue weighted by atomic mass is 10.1. The van der Waals surface area contributed by atoms with Crippen LogP contribution in [0.1, 0.15) is 0 Å². The maximum Gasteiger partial charge on any atom is 0.252 e. The number of nitrogens with one attached hydrogen (secondary N) is 4. The molecular weight excluding hydrogens is 352 g/mol. The molecule has 12 nitrogen and oxygen atoms in total. The first-order valence-corrected chi connectivity index (χ1v) is 8.25. The number of ether oxygens (including phenoxy) is 4. The van der Waals surface area contributed by atoms with E-state index < -0.39 is 60.6 Å². The summed E-state index contributed by atoms with van der Waals surface area (Å²) < 4.78 is 21.2. The molecule has 4 bridgehead atoms. The molecule has 4 saturated heterocycles. The van der Waals surface area contributed by atoms with Gasteiger partial charge in [-0.25, -0.2) is 0 Å². The van der Waals surface area contributed by atoms with E-state index in [0.29, 0.717) is 0 Å². The Morgan fingerprint density at radius 2 is 1.23 bits per heavy atom. The van der Waals surface area contributed by atoms with Gasteiger partial charge < -0.3 is 40.2 Å². The summed E-state index contributed by atoms with van der Waals surface area (Å²) in [5.74, 6) is -1.79. The Balaban J connectivity index is 1.21. The molecule has 4 rings (SSSR count). The van der Waals surface area contributed by atoms with E-state index in [4.69, 9.17) is 18.9 Å². The van der Waals surface area contributed by atoms with Crippen LogP contribution in [0.4, 0.5) is 0 Å². The summed E-state index contributed by atoms with van der Waals surface area (Å²) in [5, 5.41) is 10.3. The van der Waals surface area contributed by atoms with Crippen LogP contribution in [0, 0.1) is 0 Å². The number of fused-ring (bicyclic) bond motifs is 4. The Morgan fingerprint density at radius 1 is 0.808 bits per heavy atom. The van der Waals surface area contributed by atoms with Gasteiger partial charge in [0.25, 0.3) is 23.6 Å². The van der Waals surface area contributed by atoms with Gasteiger partial charge in [0, 0.05) is 13.1 Å². The third-order valence-electron chi connectivity index (χ3n) is 4.39. The quantitative estimate of drug-likeness (QED) is 0.355. The van der Waals surface area contributed by atoms with E-state index in [2.05, 4.69) is 21.3 Å². The van der Waals surface area contributed by atoms with Gasteiger partial charge in [-0.3, -0.25) is 19.2 Å². The predicted molar refractivity (Wildman–Crippen MR) is 79.1 cm³/mol. The molecule has 0 aromatic carbocycles. The van der Waals surface area contributed by atoms with Gasteiger partial charge in [-0.2, -0.15) is 0 Å². The number of rotatable bonds is 5. The van der Waals surface area contributed by atoms with Gasteiger partial charge in [-0.05, 0) is 0 Å². The van der Waals surface area contributed by atoms with Crippen LogP contribution in [0.2, 0.25) is 0 Å². The molecule has 0 aliphatic carbocycles. The smallest absolute Gasteiger partial charge is 0.252 e. The molecule has 26 heavy (non-hydrogen) atoms. The second kappa shape index (κ2) is 6.79. The van der Waals surface area contributed by atoms with E-state index in [9.17, 15) is 19.2 Å². The molecule has 6 atom stereocenters. The highest BCUT2D eigenvalue weighted by Gasteiger charge is 2.49. The number of hydrogen-bond acceptors (Lipinski definition) is 8. The molecule has 0 aromatic heterocycles. The SMILES string of the molecule is O=C(NCCNC(=O)C1OC2CNC(=O)C1O2)C1OC2CNC(=O)C1O2. The number of amides is 4. The zero-order valence-corrected chi connectivity index (χ0v) is 13.6. The van der Waals surface area contributed by atoms with Crippen molar-refractivity contribution in [2.75, 3.05) is 26.2 Å². The highest BCUT2D eigenvalue weighted by atomic mass is 16.7. The van der Waals surface area contributed by atoms with Gasteiger partial charge >= 0.3 is 0 Å². The van der Waals surface area contributed by atoms with Gasteiger partial charge in [-0.1, -0.05) is 0 Å². The van der Waals surface area contributed by atoms with E-state index in [1.165, 1.54) is 0 Å². The van der Waals surface area contributed by atoms with E-state index in [1.54, 1.807) is 0 Å². The van der Waals surface area contributed by atoms with Crippen molar-refractivity contribution in [1.82, 2.24) is 21.3 Å². The minimum Gasteiger partial charge on any atom is -0.352 e. The molecule has 4 amide bonds. The Morgan fingerprint density at radius 3 is 1.65 bits per heavy atom. The molecule has 4 aliphatic heterocycles.